The average Bonchev–Trinajstić information content (AvgIpc) is 2.67. The number of nitrogens with one attached hydrogen (secondary N) is 2. The molecule has 0 aromatic rings. The highest BCUT2D eigenvalue weighted by molar-refractivity contribution is 5.76. The van der Waals surface area contributed by atoms with Gasteiger partial charge in [-0.1, -0.05) is 24.3 Å². The molecule has 6 heteroatoms. The first-order valence-corrected chi connectivity index (χ1v) is 11.6. The summed E-state index contributed by atoms with van der Waals surface area (Å²) in [7, 11) is 0. The predicted molar refractivity (Wildman–Crippen MR) is 125 cm³/mol. The van der Waals surface area contributed by atoms with Crippen molar-refractivity contribution in [3.63, 3.8) is 0 Å². The summed E-state index contributed by atoms with van der Waals surface area (Å²) < 4.78 is 0. The molecule has 0 radical (unpaired) electrons. The van der Waals surface area contributed by atoms with Crippen LogP contribution >= 0.6 is 0 Å². The number of allylic oxidation sites excluding steroid dienone is 4. The van der Waals surface area contributed by atoms with E-state index in [2.05, 4.69) is 27.7 Å². The SMILES string of the molecule is C/C=C/CCCCC(=O)NC(C)CN(CCO)CC(C)NC(=O)CCCC/C=C/C. The van der Waals surface area contributed by atoms with Crippen molar-refractivity contribution < 1.29 is 14.7 Å². The Morgan fingerprint density at radius 2 is 1.27 bits per heavy atom. The van der Waals surface area contributed by atoms with Gasteiger partial charge in [0.05, 0.1) is 6.61 Å². The average molecular weight is 424 g/mol. The molecule has 0 aliphatic heterocycles. The lowest BCUT2D eigenvalue weighted by molar-refractivity contribution is -0.122. The Kier molecular flexibility index (Phi) is 18.2. The summed E-state index contributed by atoms with van der Waals surface area (Å²) in [5, 5.41) is 15.5. The number of hydrogen-bond donors (Lipinski definition) is 3. The van der Waals surface area contributed by atoms with Gasteiger partial charge in [-0.25, -0.2) is 0 Å². The van der Waals surface area contributed by atoms with Crippen molar-refractivity contribution in [2.45, 2.75) is 91.1 Å². The Bertz CT molecular complexity index is 464. The van der Waals surface area contributed by atoms with Crippen molar-refractivity contribution >= 4 is 11.8 Å². The number of nitrogens with zero attached hydrogens (tertiary/aromatic N) is 1. The van der Waals surface area contributed by atoms with E-state index >= 15 is 0 Å². The number of hydrogen-bond acceptors (Lipinski definition) is 4. The van der Waals surface area contributed by atoms with Crippen LogP contribution in [0.3, 0.4) is 0 Å². The molecule has 0 aliphatic carbocycles. The Labute approximate surface area is 184 Å². The van der Waals surface area contributed by atoms with Crippen molar-refractivity contribution in [3.8, 4) is 0 Å². The smallest absolute Gasteiger partial charge is 0.220 e. The minimum absolute atomic E-state index is 0.00545. The number of rotatable bonds is 18. The number of aliphatic hydroxyl groups is 1. The molecule has 2 atom stereocenters. The molecule has 6 nitrogen and oxygen atoms in total. The third kappa shape index (κ3) is 17.2. The first-order valence-electron chi connectivity index (χ1n) is 11.6. The van der Waals surface area contributed by atoms with E-state index in [0.29, 0.717) is 32.5 Å². The number of carbonyl (C=O) groups excluding carboxylic acids is 2. The van der Waals surface area contributed by atoms with Gasteiger partial charge in [0.15, 0.2) is 0 Å². The zero-order valence-electron chi connectivity index (χ0n) is 19.7. The van der Waals surface area contributed by atoms with Crippen LogP contribution in [0.4, 0.5) is 0 Å². The third-order valence-electron chi connectivity index (χ3n) is 4.82. The van der Waals surface area contributed by atoms with Gasteiger partial charge >= 0.3 is 0 Å². The van der Waals surface area contributed by atoms with Gasteiger partial charge in [0.2, 0.25) is 11.8 Å². The third-order valence-corrected chi connectivity index (χ3v) is 4.82. The van der Waals surface area contributed by atoms with Crippen LogP contribution in [-0.2, 0) is 9.59 Å². The Morgan fingerprint density at radius 3 is 1.63 bits per heavy atom. The molecule has 0 spiro atoms. The second kappa shape index (κ2) is 19.3. The Morgan fingerprint density at radius 1 is 0.833 bits per heavy atom. The van der Waals surface area contributed by atoms with Crippen LogP contribution in [-0.4, -0.2) is 60.1 Å². The fourth-order valence-corrected chi connectivity index (χ4v) is 3.39. The van der Waals surface area contributed by atoms with Gasteiger partial charge in [0.25, 0.3) is 0 Å². The Balaban J connectivity index is 4.20. The molecule has 0 bridgehead atoms. The van der Waals surface area contributed by atoms with Crippen molar-refractivity contribution in [2.75, 3.05) is 26.2 Å². The van der Waals surface area contributed by atoms with E-state index in [4.69, 9.17) is 0 Å². The monoisotopic (exact) mass is 423 g/mol. The molecule has 2 unspecified atom stereocenters. The van der Waals surface area contributed by atoms with Gasteiger partial charge in [-0.05, 0) is 66.2 Å². The van der Waals surface area contributed by atoms with E-state index in [9.17, 15) is 14.7 Å². The van der Waals surface area contributed by atoms with E-state index in [1.54, 1.807) is 0 Å². The minimum atomic E-state index is -0.00545. The zero-order chi connectivity index (χ0) is 22.6. The molecular weight excluding hydrogens is 378 g/mol. The molecule has 0 rings (SSSR count). The summed E-state index contributed by atoms with van der Waals surface area (Å²) in [6.45, 7) is 9.84. The number of carbonyl (C=O) groups is 2. The van der Waals surface area contributed by atoms with Gasteiger partial charge in [0.1, 0.15) is 0 Å². The van der Waals surface area contributed by atoms with Crippen molar-refractivity contribution in [2.24, 2.45) is 0 Å². The van der Waals surface area contributed by atoms with Crippen LogP contribution in [0.5, 0.6) is 0 Å². The fourth-order valence-electron chi connectivity index (χ4n) is 3.39. The maximum atomic E-state index is 12.1. The lowest BCUT2D eigenvalue weighted by Crippen LogP contribution is -2.48. The second-order valence-electron chi connectivity index (χ2n) is 8.05. The normalized spacial score (nSPS) is 13.8. The van der Waals surface area contributed by atoms with Crippen molar-refractivity contribution in [3.05, 3.63) is 24.3 Å². The molecule has 0 fully saturated rings. The summed E-state index contributed by atoms with van der Waals surface area (Å²) in [5.41, 5.74) is 0. The van der Waals surface area contributed by atoms with Gasteiger partial charge in [-0.15, -0.1) is 0 Å². The van der Waals surface area contributed by atoms with Gasteiger partial charge in [0, 0.05) is 44.6 Å². The van der Waals surface area contributed by atoms with E-state index in [-0.39, 0.29) is 30.5 Å². The number of aliphatic hydroxyl groups excluding tert-OH is 1. The minimum Gasteiger partial charge on any atom is -0.395 e. The predicted octanol–water partition coefficient (Wildman–Crippen LogP) is 3.56. The maximum absolute atomic E-state index is 12.1. The highest BCUT2D eigenvalue weighted by atomic mass is 16.3. The molecule has 0 saturated carbocycles. The van der Waals surface area contributed by atoms with Gasteiger partial charge in [-0.2, -0.15) is 0 Å². The topological polar surface area (TPSA) is 81.7 Å². The molecular formula is C24H45N3O3. The van der Waals surface area contributed by atoms with E-state index in [0.717, 1.165) is 38.5 Å². The summed E-state index contributed by atoms with van der Waals surface area (Å²) in [6.07, 6.45) is 15.3. The largest absolute Gasteiger partial charge is 0.395 e. The summed E-state index contributed by atoms with van der Waals surface area (Å²) in [4.78, 5) is 26.3. The van der Waals surface area contributed by atoms with Crippen molar-refractivity contribution in [1.29, 1.82) is 0 Å². The Hall–Kier alpha value is -1.66. The number of amides is 2. The fraction of sp³-hybridized carbons (Fsp3) is 0.750. The zero-order valence-corrected chi connectivity index (χ0v) is 19.7. The molecule has 0 aliphatic rings. The standard InChI is InChI=1S/C24H45N3O3/c1-5-7-9-11-13-15-23(29)25-21(3)19-27(17-18-28)20-22(4)26-24(30)16-14-12-10-8-6-2/h5-8,21-22,28H,9-20H2,1-4H3,(H,25,29)(H,26,30)/b7-5+,8-6+. The van der Waals surface area contributed by atoms with E-state index in [1.807, 2.05) is 39.8 Å². The first kappa shape index (κ1) is 28.3. The van der Waals surface area contributed by atoms with E-state index < -0.39 is 0 Å². The highest BCUT2D eigenvalue weighted by Crippen LogP contribution is 2.03. The second-order valence-corrected chi connectivity index (χ2v) is 8.05. The number of unbranched alkanes of at least 4 members (excludes halogenated alkanes) is 4. The molecule has 30 heavy (non-hydrogen) atoms. The van der Waals surface area contributed by atoms with Crippen LogP contribution in [0.2, 0.25) is 0 Å². The summed E-state index contributed by atoms with van der Waals surface area (Å²) in [5.74, 6) is 0.150. The van der Waals surface area contributed by atoms with Gasteiger partial charge in [-0.3, -0.25) is 14.5 Å². The van der Waals surface area contributed by atoms with Crippen molar-refractivity contribution in [1.82, 2.24) is 15.5 Å². The van der Waals surface area contributed by atoms with E-state index in [1.165, 1.54) is 0 Å². The lowest BCUT2D eigenvalue weighted by atomic mass is 10.1. The van der Waals surface area contributed by atoms with Crippen LogP contribution < -0.4 is 10.6 Å². The quantitative estimate of drug-likeness (QED) is 0.233. The molecule has 0 heterocycles. The summed E-state index contributed by atoms with van der Waals surface area (Å²) >= 11 is 0. The first-order chi connectivity index (χ1) is 14.4. The summed E-state index contributed by atoms with van der Waals surface area (Å²) in [6, 6.07) is -0.0109. The van der Waals surface area contributed by atoms with Crippen LogP contribution in [0.1, 0.15) is 79.1 Å². The molecule has 174 valence electrons. The van der Waals surface area contributed by atoms with Crippen LogP contribution in [0, 0.1) is 0 Å². The molecule has 0 aromatic heterocycles. The molecule has 0 saturated heterocycles. The molecule has 3 N–H and O–H groups in total. The molecule has 0 aromatic carbocycles. The molecule has 2 amide bonds. The highest BCUT2D eigenvalue weighted by Gasteiger charge is 2.16. The van der Waals surface area contributed by atoms with Gasteiger partial charge < -0.3 is 15.7 Å². The lowest BCUT2D eigenvalue weighted by Gasteiger charge is -2.28. The maximum Gasteiger partial charge on any atom is 0.220 e. The van der Waals surface area contributed by atoms with Crippen LogP contribution in [0.25, 0.3) is 0 Å². The van der Waals surface area contributed by atoms with Crippen LogP contribution in [0.15, 0.2) is 24.3 Å².